The van der Waals surface area contributed by atoms with E-state index >= 15 is 0 Å². The van der Waals surface area contributed by atoms with Gasteiger partial charge in [0, 0.05) is 10.8 Å². The molecule has 0 aliphatic heterocycles. The average molecular weight is 466 g/mol. The van der Waals surface area contributed by atoms with Gasteiger partial charge in [-0.1, -0.05) is 40.2 Å². The minimum atomic E-state index is -6.25. The molecule has 0 aliphatic carbocycles. The van der Waals surface area contributed by atoms with Crippen molar-refractivity contribution in [2.45, 2.75) is 23.4 Å². The molecule has 0 aliphatic rings. The van der Waals surface area contributed by atoms with Crippen LogP contribution < -0.4 is 9.47 Å². The lowest BCUT2D eigenvalue weighted by Gasteiger charge is -2.19. The number of carbonyl (C=O) groups is 2. The van der Waals surface area contributed by atoms with Crippen LogP contribution in [0.15, 0.2) is 36.4 Å². The van der Waals surface area contributed by atoms with Crippen LogP contribution in [0, 0.1) is 0 Å². The van der Waals surface area contributed by atoms with Gasteiger partial charge in [0.2, 0.25) is 0 Å². The molecule has 0 radical (unpaired) electrons. The molecule has 0 heterocycles. The number of rotatable bonds is 5. The quantitative estimate of drug-likeness (QED) is 0.289. The van der Waals surface area contributed by atoms with E-state index in [4.69, 9.17) is 4.74 Å². The fraction of sp³-hybridized carbons (Fsp3) is 0.250. The molecule has 0 bridgehead atoms. The van der Waals surface area contributed by atoms with Crippen LogP contribution >= 0.6 is 15.9 Å². The third-order valence-electron chi connectivity index (χ3n) is 3.29. The molecule has 11 heteroatoms. The highest BCUT2D eigenvalue weighted by Crippen LogP contribution is 2.35. The van der Waals surface area contributed by atoms with Crippen molar-refractivity contribution < 1.29 is 40.8 Å². The average Bonchev–Trinajstić information content (AvgIpc) is 2.54. The lowest BCUT2D eigenvalue weighted by molar-refractivity contribution is -0.151. The van der Waals surface area contributed by atoms with Gasteiger partial charge in [-0.15, -0.1) is 0 Å². The molecule has 0 saturated carbocycles. The zero-order valence-corrected chi connectivity index (χ0v) is 16.3. The van der Waals surface area contributed by atoms with Crippen molar-refractivity contribution in [3.05, 3.63) is 36.4 Å². The van der Waals surface area contributed by atoms with E-state index in [9.17, 15) is 31.3 Å². The molecule has 146 valence electrons. The molecule has 0 atom stereocenters. The van der Waals surface area contributed by atoms with E-state index in [0.717, 1.165) is 6.07 Å². The SMILES string of the molecule is CC(C)(Br)C(=O)Oc1ccc(OC(=O)C(F)(F)S(=O)(=O)[O-])c2ccccc12. The first-order valence-corrected chi connectivity index (χ1v) is 9.44. The van der Waals surface area contributed by atoms with E-state index in [1.54, 1.807) is 19.9 Å². The summed E-state index contributed by atoms with van der Waals surface area (Å²) in [6.45, 7) is 3.11. The molecular formula is C16H12BrF2O7S-. The van der Waals surface area contributed by atoms with E-state index in [2.05, 4.69) is 20.7 Å². The van der Waals surface area contributed by atoms with Gasteiger partial charge in [-0.05, 0) is 26.0 Å². The monoisotopic (exact) mass is 465 g/mol. The number of fused-ring (bicyclic) bond motifs is 1. The van der Waals surface area contributed by atoms with Gasteiger partial charge >= 0.3 is 17.2 Å². The van der Waals surface area contributed by atoms with E-state index < -0.39 is 37.4 Å². The van der Waals surface area contributed by atoms with Gasteiger partial charge in [0.25, 0.3) is 0 Å². The summed E-state index contributed by atoms with van der Waals surface area (Å²) in [6, 6.07) is 8.11. The second-order valence-corrected chi connectivity index (χ2v) is 9.23. The van der Waals surface area contributed by atoms with Crippen molar-refractivity contribution >= 4 is 48.8 Å². The van der Waals surface area contributed by atoms with Crippen LogP contribution in [0.1, 0.15) is 13.8 Å². The first-order chi connectivity index (χ1) is 12.2. The zero-order valence-electron chi connectivity index (χ0n) is 13.9. The molecule has 0 unspecified atom stereocenters. The third kappa shape index (κ3) is 4.42. The van der Waals surface area contributed by atoms with Crippen LogP contribution in [0.2, 0.25) is 0 Å². The summed E-state index contributed by atoms with van der Waals surface area (Å²) >= 11 is 3.14. The lowest BCUT2D eigenvalue weighted by atomic mass is 10.1. The predicted octanol–water partition coefficient (Wildman–Crippen LogP) is 2.96. The van der Waals surface area contributed by atoms with E-state index in [0.29, 0.717) is 0 Å². The number of halogens is 3. The highest BCUT2D eigenvalue weighted by molar-refractivity contribution is 9.10. The number of esters is 2. The fourth-order valence-electron chi connectivity index (χ4n) is 1.90. The second-order valence-electron chi connectivity index (χ2n) is 5.83. The fourth-order valence-corrected chi connectivity index (χ4v) is 2.23. The largest absolute Gasteiger partial charge is 0.743 e. The Morgan fingerprint density at radius 3 is 1.74 bits per heavy atom. The van der Waals surface area contributed by atoms with Gasteiger partial charge in [-0.25, -0.2) is 13.2 Å². The number of benzene rings is 2. The van der Waals surface area contributed by atoms with Crippen molar-refractivity contribution in [2.24, 2.45) is 0 Å². The van der Waals surface area contributed by atoms with Crippen molar-refractivity contribution in [3.8, 4) is 11.5 Å². The second kappa shape index (κ2) is 7.13. The standard InChI is InChI=1S/C16H13BrF2O7S/c1-15(2,17)13(20)25-11-7-8-12(10-6-4-3-5-9(10)11)26-14(21)16(18,19)27(22,23)24/h3-8H,1-2H3,(H,22,23,24)/p-1. The van der Waals surface area contributed by atoms with Crippen LogP contribution in [0.5, 0.6) is 11.5 Å². The highest BCUT2D eigenvalue weighted by atomic mass is 79.9. The minimum absolute atomic E-state index is 0.0612. The number of carbonyl (C=O) groups excluding carboxylic acids is 2. The Kier molecular flexibility index (Phi) is 5.60. The molecule has 2 rings (SSSR count). The van der Waals surface area contributed by atoms with Crippen molar-refractivity contribution in [2.75, 3.05) is 0 Å². The maximum absolute atomic E-state index is 13.3. The van der Waals surface area contributed by atoms with Gasteiger partial charge in [0.15, 0.2) is 10.1 Å². The third-order valence-corrected chi connectivity index (χ3v) is 4.40. The molecule has 2 aromatic rings. The van der Waals surface area contributed by atoms with Crippen LogP contribution in [0.4, 0.5) is 8.78 Å². The number of hydrogen-bond acceptors (Lipinski definition) is 7. The zero-order chi connectivity index (χ0) is 20.6. The summed E-state index contributed by atoms with van der Waals surface area (Å²) in [5.41, 5.74) is 0. The summed E-state index contributed by atoms with van der Waals surface area (Å²) in [5.74, 6) is -3.54. The van der Waals surface area contributed by atoms with Gasteiger partial charge in [0.05, 0.1) is 0 Å². The summed E-state index contributed by atoms with van der Waals surface area (Å²) in [6.07, 6.45) is 0. The molecule has 0 aromatic heterocycles. The Morgan fingerprint density at radius 1 is 0.963 bits per heavy atom. The first kappa shape index (κ1) is 21.2. The summed E-state index contributed by atoms with van der Waals surface area (Å²) in [5, 5.41) is -4.93. The lowest BCUT2D eigenvalue weighted by Crippen LogP contribution is -2.40. The summed E-state index contributed by atoms with van der Waals surface area (Å²) in [7, 11) is -6.25. The Bertz CT molecular complexity index is 1010. The summed E-state index contributed by atoms with van der Waals surface area (Å²) in [4.78, 5) is 23.5. The Labute approximate surface area is 161 Å². The molecular weight excluding hydrogens is 454 g/mol. The van der Waals surface area contributed by atoms with Crippen LogP contribution in [-0.4, -0.2) is 34.5 Å². The van der Waals surface area contributed by atoms with Crippen LogP contribution in [0.3, 0.4) is 0 Å². The van der Waals surface area contributed by atoms with E-state index in [1.165, 1.54) is 24.3 Å². The van der Waals surface area contributed by atoms with Crippen LogP contribution in [0.25, 0.3) is 10.8 Å². The number of hydrogen-bond donors (Lipinski definition) is 0. The van der Waals surface area contributed by atoms with Gasteiger partial charge < -0.3 is 14.0 Å². The number of alkyl halides is 3. The van der Waals surface area contributed by atoms with Gasteiger partial charge in [-0.3, -0.25) is 4.79 Å². The molecule has 27 heavy (non-hydrogen) atoms. The molecule has 2 aromatic carbocycles. The molecule has 0 N–H and O–H groups in total. The Hall–Kier alpha value is -2.11. The maximum Gasteiger partial charge on any atom is 0.429 e. The van der Waals surface area contributed by atoms with Gasteiger partial charge in [-0.2, -0.15) is 8.78 Å². The Balaban J connectivity index is 2.46. The van der Waals surface area contributed by atoms with Crippen molar-refractivity contribution in [1.82, 2.24) is 0 Å². The predicted molar refractivity (Wildman–Crippen MR) is 92.9 cm³/mol. The topological polar surface area (TPSA) is 110 Å². The maximum atomic E-state index is 13.3. The molecule has 7 nitrogen and oxygen atoms in total. The Morgan fingerprint density at radius 2 is 1.37 bits per heavy atom. The highest BCUT2D eigenvalue weighted by Gasteiger charge is 2.49. The smallest absolute Gasteiger partial charge is 0.429 e. The van der Waals surface area contributed by atoms with Crippen LogP contribution in [-0.2, 0) is 19.7 Å². The molecule has 0 saturated heterocycles. The van der Waals surface area contributed by atoms with Gasteiger partial charge in [0.1, 0.15) is 15.8 Å². The number of ether oxygens (including phenoxy) is 2. The van der Waals surface area contributed by atoms with Crippen molar-refractivity contribution in [1.29, 1.82) is 0 Å². The molecule has 0 amide bonds. The van der Waals surface area contributed by atoms with E-state index in [1.807, 2.05) is 0 Å². The normalized spacial score (nSPS) is 12.7. The molecule has 0 fully saturated rings. The molecule has 0 spiro atoms. The van der Waals surface area contributed by atoms with Crippen molar-refractivity contribution in [3.63, 3.8) is 0 Å². The summed E-state index contributed by atoms with van der Waals surface area (Å²) < 4.78 is 67.0. The first-order valence-electron chi connectivity index (χ1n) is 7.23. The minimum Gasteiger partial charge on any atom is -0.743 e. The van der Waals surface area contributed by atoms with E-state index in [-0.39, 0.29) is 16.5 Å².